The van der Waals surface area contributed by atoms with Gasteiger partial charge in [0.15, 0.2) is 0 Å². The summed E-state index contributed by atoms with van der Waals surface area (Å²) in [5.74, 6) is 0.833. The van der Waals surface area contributed by atoms with Crippen LogP contribution in [0.25, 0.3) is 0 Å². The van der Waals surface area contributed by atoms with Crippen LogP contribution in [-0.2, 0) is 9.47 Å². The highest BCUT2D eigenvalue weighted by molar-refractivity contribution is 4.38. The lowest BCUT2D eigenvalue weighted by molar-refractivity contribution is -0.0318. The van der Waals surface area contributed by atoms with Crippen molar-refractivity contribution in [1.82, 2.24) is 0 Å². The summed E-state index contributed by atoms with van der Waals surface area (Å²) in [6.45, 7) is 8.75. The van der Waals surface area contributed by atoms with Gasteiger partial charge in [0, 0.05) is 13.2 Å². The molecular weight excluding hydrogens is 140 g/mol. The highest BCUT2D eigenvalue weighted by atomic mass is 16.7. The molecule has 1 saturated heterocycles. The Morgan fingerprint density at radius 1 is 0.909 bits per heavy atom. The Morgan fingerprint density at radius 2 is 1.27 bits per heavy atom. The lowest BCUT2D eigenvalue weighted by atomic mass is 10.3. The summed E-state index contributed by atoms with van der Waals surface area (Å²) in [6.07, 6.45) is 2.31. The van der Waals surface area contributed by atoms with Gasteiger partial charge < -0.3 is 9.47 Å². The maximum absolute atomic E-state index is 4.97. The van der Waals surface area contributed by atoms with Crippen LogP contribution in [0.4, 0.5) is 0 Å². The van der Waals surface area contributed by atoms with Crippen molar-refractivity contribution >= 4 is 0 Å². The minimum Gasteiger partial charge on any atom is -0.355 e. The van der Waals surface area contributed by atoms with E-state index in [-0.39, 0.29) is 0 Å². The Morgan fingerprint density at radius 3 is 1.64 bits per heavy atom. The Kier molecular flexibility index (Phi) is 7.96. The molecule has 0 saturated carbocycles. The Hall–Kier alpha value is -0.0800. The van der Waals surface area contributed by atoms with Crippen LogP contribution in [-0.4, -0.2) is 20.0 Å². The molecule has 1 aliphatic rings. The largest absolute Gasteiger partial charge is 0.355 e. The first-order chi connectivity index (χ1) is 5.23. The van der Waals surface area contributed by atoms with Crippen LogP contribution >= 0.6 is 0 Å². The quantitative estimate of drug-likeness (QED) is 0.542. The topological polar surface area (TPSA) is 18.5 Å². The number of hydrogen-bond acceptors (Lipinski definition) is 2. The molecule has 0 N–H and O–H groups in total. The van der Waals surface area contributed by atoms with Crippen LogP contribution < -0.4 is 0 Å². The molecule has 0 aromatic heterocycles. The first kappa shape index (κ1) is 10.9. The summed E-state index contributed by atoms with van der Waals surface area (Å²) >= 11 is 0. The fourth-order valence-corrected chi connectivity index (χ4v) is 0.585. The Bertz CT molecular complexity index is 49.6. The summed E-state index contributed by atoms with van der Waals surface area (Å²) in [5, 5.41) is 0. The smallest absolute Gasteiger partial charge is 0.146 e. The molecule has 0 amide bonds. The molecule has 2 heteroatoms. The van der Waals surface area contributed by atoms with E-state index < -0.39 is 0 Å². The minimum atomic E-state index is 0.500. The number of rotatable bonds is 0. The summed E-state index contributed by atoms with van der Waals surface area (Å²) in [5.41, 5.74) is 0. The molecule has 0 unspecified atom stereocenters. The van der Waals surface area contributed by atoms with Crippen molar-refractivity contribution in [3.05, 3.63) is 0 Å². The summed E-state index contributed by atoms with van der Waals surface area (Å²) in [7, 11) is 0. The second-order valence-corrected chi connectivity index (χ2v) is 3.37. The monoisotopic (exact) mass is 160 g/mol. The van der Waals surface area contributed by atoms with Gasteiger partial charge in [0.2, 0.25) is 0 Å². The van der Waals surface area contributed by atoms with Crippen LogP contribution in [0.15, 0.2) is 0 Å². The van der Waals surface area contributed by atoms with Gasteiger partial charge in [-0.2, -0.15) is 0 Å². The maximum Gasteiger partial charge on any atom is 0.146 e. The average molecular weight is 160 g/mol. The van der Waals surface area contributed by atoms with Crippen molar-refractivity contribution in [2.45, 2.75) is 33.6 Å². The zero-order chi connectivity index (χ0) is 8.53. The number of hydrogen-bond donors (Lipinski definition) is 0. The molecular formula is C9H20O2. The van der Waals surface area contributed by atoms with E-state index in [0.29, 0.717) is 6.79 Å². The Balaban J connectivity index is 0.000000218. The van der Waals surface area contributed by atoms with E-state index in [1.54, 1.807) is 0 Å². The SMILES string of the molecule is C1CCOCOC1.CC(C)C. The van der Waals surface area contributed by atoms with Gasteiger partial charge in [0.25, 0.3) is 0 Å². The fourth-order valence-electron chi connectivity index (χ4n) is 0.585. The summed E-state index contributed by atoms with van der Waals surface area (Å²) in [6, 6.07) is 0. The molecule has 0 radical (unpaired) electrons. The van der Waals surface area contributed by atoms with E-state index in [1.165, 1.54) is 0 Å². The molecule has 0 atom stereocenters. The molecule has 1 aliphatic heterocycles. The third-order valence-electron chi connectivity index (χ3n) is 0.994. The zero-order valence-corrected chi connectivity index (χ0v) is 7.93. The van der Waals surface area contributed by atoms with Crippen LogP contribution in [0, 0.1) is 5.92 Å². The standard InChI is InChI=1S/C5H10O2.C4H10/c1-2-4-7-5-6-3-1;1-4(2)3/h1-5H2;4H,1-3H3. The van der Waals surface area contributed by atoms with E-state index >= 15 is 0 Å². The second-order valence-electron chi connectivity index (χ2n) is 3.37. The molecule has 1 rings (SSSR count). The molecule has 11 heavy (non-hydrogen) atoms. The fraction of sp³-hybridized carbons (Fsp3) is 1.00. The molecule has 0 aromatic rings. The van der Waals surface area contributed by atoms with Gasteiger partial charge >= 0.3 is 0 Å². The van der Waals surface area contributed by atoms with Crippen LogP contribution in [0.1, 0.15) is 33.6 Å². The molecule has 2 nitrogen and oxygen atoms in total. The van der Waals surface area contributed by atoms with Gasteiger partial charge in [0.05, 0.1) is 0 Å². The van der Waals surface area contributed by atoms with Gasteiger partial charge in [-0.15, -0.1) is 0 Å². The van der Waals surface area contributed by atoms with E-state index in [4.69, 9.17) is 9.47 Å². The first-order valence-electron chi connectivity index (χ1n) is 4.39. The Labute approximate surface area is 69.9 Å². The van der Waals surface area contributed by atoms with Crippen LogP contribution in [0.2, 0.25) is 0 Å². The summed E-state index contributed by atoms with van der Waals surface area (Å²) in [4.78, 5) is 0. The van der Waals surface area contributed by atoms with Crippen molar-refractivity contribution in [3.8, 4) is 0 Å². The third kappa shape index (κ3) is 13.0. The van der Waals surface area contributed by atoms with Crippen molar-refractivity contribution in [3.63, 3.8) is 0 Å². The zero-order valence-electron chi connectivity index (χ0n) is 7.93. The lowest BCUT2D eigenvalue weighted by Gasteiger charge is -1.93. The average Bonchev–Trinajstić information content (AvgIpc) is 2.13. The second kappa shape index (κ2) is 8.02. The summed E-state index contributed by atoms with van der Waals surface area (Å²) < 4.78 is 9.94. The van der Waals surface area contributed by atoms with E-state index in [9.17, 15) is 0 Å². The molecule has 0 spiro atoms. The molecule has 0 aromatic carbocycles. The molecule has 1 heterocycles. The van der Waals surface area contributed by atoms with Gasteiger partial charge in [-0.1, -0.05) is 20.8 Å². The van der Waals surface area contributed by atoms with E-state index in [2.05, 4.69) is 20.8 Å². The van der Waals surface area contributed by atoms with Gasteiger partial charge in [-0.25, -0.2) is 0 Å². The van der Waals surface area contributed by atoms with E-state index in [0.717, 1.165) is 32.0 Å². The normalized spacial score (nSPS) is 18.5. The first-order valence-corrected chi connectivity index (χ1v) is 4.39. The highest BCUT2D eigenvalue weighted by Gasteiger charge is 1.94. The molecule has 0 bridgehead atoms. The van der Waals surface area contributed by atoms with Crippen LogP contribution in [0.5, 0.6) is 0 Å². The third-order valence-corrected chi connectivity index (χ3v) is 0.994. The molecule has 68 valence electrons. The van der Waals surface area contributed by atoms with E-state index in [1.807, 2.05) is 0 Å². The molecule has 1 fully saturated rings. The predicted octanol–water partition coefficient (Wildman–Crippen LogP) is 2.43. The maximum atomic E-state index is 4.97. The van der Waals surface area contributed by atoms with Crippen molar-refractivity contribution in [2.75, 3.05) is 20.0 Å². The van der Waals surface area contributed by atoms with Crippen molar-refractivity contribution in [2.24, 2.45) is 5.92 Å². The van der Waals surface area contributed by atoms with Crippen molar-refractivity contribution in [1.29, 1.82) is 0 Å². The predicted molar refractivity (Wildman–Crippen MR) is 46.5 cm³/mol. The van der Waals surface area contributed by atoms with Crippen LogP contribution in [0.3, 0.4) is 0 Å². The van der Waals surface area contributed by atoms with Gasteiger partial charge in [-0.05, 0) is 18.8 Å². The highest BCUT2D eigenvalue weighted by Crippen LogP contribution is 1.96. The van der Waals surface area contributed by atoms with Crippen molar-refractivity contribution < 1.29 is 9.47 Å². The van der Waals surface area contributed by atoms with Gasteiger partial charge in [-0.3, -0.25) is 0 Å². The number of ether oxygens (including phenoxy) is 2. The lowest BCUT2D eigenvalue weighted by Crippen LogP contribution is -1.93. The van der Waals surface area contributed by atoms with Gasteiger partial charge in [0.1, 0.15) is 6.79 Å². The molecule has 0 aliphatic carbocycles. The minimum absolute atomic E-state index is 0.500.